The van der Waals surface area contributed by atoms with Gasteiger partial charge in [-0.1, -0.05) is 44.3 Å². The third kappa shape index (κ3) is 5.69. The number of rotatable bonds is 15. The van der Waals surface area contributed by atoms with Gasteiger partial charge in [-0.15, -0.1) is 13.2 Å². The van der Waals surface area contributed by atoms with Crippen molar-refractivity contribution in [2.24, 2.45) is 11.8 Å². The van der Waals surface area contributed by atoms with Gasteiger partial charge < -0.3 is 24.4 Å². The van der Waals surface area contributed by atoms with E-state index in [1.54, 1.807) is 17.1 Å². The molecule has 1 saturated carbocycles. The summed E-state index contributed by atoms with van der Waals surface area (Å²) in [6, 6.07) is -0.629. The van der Waals surface area contributed by atoms with Gasteiger partial charge in [-0.3, -0.25) is 14.4 Å². The highest BCUT2D eigenvalue weighted by atomic mass is 16.6. The number of unbranched alkanes of at least 4 members (excludes halogenated alkanes) is 4. The minimum atomic E-state index is -1.02. The second-order valence-electron chi connectivity index (χ2n) is 12.1. The van der Waals surface area contributed by atoms with Crippen LogP contribution in [0.2, 0.25) is 0 Å². The Morgan fingerprint density at radius 3 is 2.54 bits per heavy atom. The van der Waals surface area contributed by atoms with Crippen LogP contribution in [0.4, 0.5) is 0 Å². The molecule has 0 aromatic rings. The smallest absolute Gasteiger partial charge is 0.312 e. The molecule has 5 atom stereocenters. The van der Waals surface area contributed by atoms with Gasteiger partial charge in [0.15, 0.2) is 0 Å². The summed E-state index contributed by atoms with van der Waals surface area (Å²) in [5.74, 6) is -2.06. The molecule has 3 heterocycles. The van der Waals surface area contributed by atoms with E-state index in [1.807, 2.05) is 11.8 Å². The average molecular weight is 545 g/mol. The van der Waals surface area contributed by atoms with Crippen molar-refractivity contribution < 1.29 is 29.0 Å². The predicted octanol–water partition coefficient (Wildman–Crippen LogP) is 4.16. The molecule has 4 aliphatic rings. The Bertz CT molecular complexity index is 917. The number of hydrogen-bond donors (Lipinski definition) is 1. The number of esters is 1. The zero-order chi connectivity index (χ0) is 28.0. The maximum atomic E-state index is 14.5. The van der Waals surface area contributed by atoms with E-state index in [0.717, 1.165) is 57.8 Å². The largest absolute Gasteiger partial charge is 0.465 e. The molecule has 4 fully saturated rings. The number of hydrogen-bond acceptors (Lipinski definition) is 6. The molecule has 3 saturated heterocycles. The number of aliphatic hydroxyl groups excluding tert-OH is 1. The number of aliphatic hydroxyl groups is 1. The van der Waals surface area contributed by atoms with Crippen LogP contribution < -0.4 is 0 Å². The molecule has 0 aromatic carbocycles. The van der Waals surface area contributed by atoms with Crippen molar-refractivity contribution in [1.82, 2.24) is 9.80 Å². The zero-order valence-corrected chi connectivity index (χ0v) is 23.8. The van der Waals surface area contributed by atoms with Gasteiger partial charge in [-0.2, -0.15) is 0 Å². The first-order valence-electron chi connectivity index (χ1n) is 15.1. The fourth-order valence-corrected chi connectivity index (χ4v) is 7.65. The zero-order valence-electron chi connectivity index (χ0n) is 23.8. The second kappa shape index (κ2) is 13.0. The Kier molecular flexibility index (Phi) is 9.92. The number of allylic oxidation sites excluding steroid dienone is 1. The van der Waals surface area contributed by atoms with Crippen molar-refractivity contribution in [1.29, 1.82) is 0 Å². The molecule has 218 valence electrons. The molecule has 8 nitrogen and oxygen atoms in total. The van der Waals surface area contributed by atoms with Gasteiger partial charge in [-0.25, -0.2) is 0 Å². The lowest BCUT2D eigenvalue weighted by molar-refractivity contribution is -0.160. The van der Waals surface area contributed by atoms with Crippen LogP contribution in [0.15, 0.2) is 25.3 Å². The molecule has 1 spiro atoms. The van der Waals surface area contributed by atoms with Crippen molar-refractivity contribution >= 4 is 17.8 Å². The van der Waals surface area contributed by atoms with Crippen molar-refractivity contribution in [2.45, 2.75) is 114 Å². The summed E-state index contributed by atoms with van der Waals surface area (Å²) in [4.78, 5) is 45.8. The Morgan fingerprint density at radius 1 is 1.10 bits per heavy atom. The molecule has 2 bridgehead atoms. The topological polar surface area (TPSA) is 96.4 Å². The molecule has 3 aliphatic heterocycles. The minimum absolute atomic E-state index is 0.0720. The van der Waals surface area contributed by atoms with E-state index in [4.69, 9.17) is 14.6 Å². The lowest BCUT2D eigenvalue weighted by atomic mass is 9.66. The van der Waals surface area contributed by atoms with E-state index in [0.29, 0.717) is 32.4 Å². The molecule has 4 rings (SSSR count). The molecule has 2 amide bonds. The van der Waals surface area contributed by atoms with Crippen LogP contribution in [0.1, 0.15) is 90.4 Å². The normalized spacial score (nSPS) is 31.8. The van der Waals surface area contributed by atoms with Gasteiger partial charge in [0.1, 0.15) is 17.6 Å². The fourth-order valence-electron chi connectivity index (χ4n) is 7.65. The summed E-state index contributed by atoms with van der Waals surface area (Å²) in [7, 11) is 0. The summed E-state index contributed by atoms with van der Waals surface area (Å²) in [5, 5.41) is 9.16. The summed E-state index contributed by atoms with van der Waals surface area (Å²) < 4.78 is 12.4. The maximum absolute atomic E-state index is 14.5. The van der Waals surface area contributed by atoms with Gasteiger partial charge in [0.2, 0.25) is 11.8 Å². The van der Waals surface area contributed by atoms with Gasteiger partial charge in [-0.05, 0) is 58.3 Å². The highest BCUT2D eigenvalue weighted by Crippen LogP contribution is 2.63. The number of carbonyl (C=O) groups is 3. The summed E-state index contributed by atoms with van der Waals surface area (Å²) in [6.07, 6.45) is 14.6. The molecule has 0 aromatic heterocycles. The van der Waals surface area contributed by atoms with E-state index < -0.39 is 35.0 Å². The first kappa shape index (κ1) is 29.8. The minimum Gasteiger partial charge on any atom is -0.465 e. The molecule has 8 heteroatoms. The van der Waals surface area contributed by atoms with Crippen LogP contribution in [0, 0.1) is 11.8 Å². The molecule has 0 radical (unpaired) electrons. The highest BCUT2D eigenvalue weighted by molar-refractivity contribution is 5.98. The summed E-state index contributed by atoms with van der Waals surface area (Å²) >= 11 is 0. The highest BCUT2D eigenvalue weighted by Gasteiger charge is 2.78. The van der Waals surface area contributed by atoms with Crippen LogP contribution in [-0.4, -0.2) is 82.3 Å². The lowest BCUT2D eigenvalue weighted by Crippen LogP contribution is -2.58. The molecular weight excluding hydrogens is 496 g/mol. The van der Waals surface area contributed by atoms with E-state index >= 15 is 0 Å². The fraction of sp³-hybridized carbons (Fsp3) is 0.774. The quantitative estimate of drug-likeness (QED) is 0.189. The standard InChI is InChI=1S/C31H48N2O6/c1-4-6-14-22-38-29(37)25-24-27(35)33(20-12-7-8-13-21-34)26(31(24)18-17-30(25,3)39-31)28(36)32(19-5-2)23-15-10-9-11-16-23/h4-5,23-26,34H,1-2,6-22H2,3H3/t24-,25-,26?,30+,31?/m0/s1. The second-order valence-corrected chi connectivity index (χ2v) is 12.1. The third-order valence-electron chi connectivity index (χ3n) is 9.49. The van der Waals surface area contributed by atoms with Gasteiger partial charge in [0.25, 0.3) is 0 Å². The molecular formula is C31H48N2O6. The van der Waals surface area contributed by atoms with Gasteiger partial charge in [0, 0.05) is 25.7 Å². The van der Waals surface area contributed by atoms with E-state index in [1.165, 1.54) is 6.42 Å². The molecule has 39 heavy (non-hydrogen) atoms. The van der Waals surface area contributed by atoms with Crippen molar-refractivity contribution in [3.05, 3.63) is 25.3 Å². The predicted molar refractivity (Wildman–Crippen MR) is 149 cm³/mol. The van der Waals surface area contributed by atoms with E-state index in [2.05, 4.69) is 13.2 Å². The van der Waals surface area contributed by atoms with E-state index in [9.17, 15) is 14.4 Å². The Morgan fingerprint density at radius 2 is 1.85 bits per heavy atom. The van der Waals surface area contributed by atoms with Crippen LogP contribution in [0.3, 0.4) is 0 Å². The lowest BCUT2D eigenvalue weighted by Gasteiger charge is -2.40. The number of carbonyl (C=O) groups excluding carboxylic acids is 3. The van der Waals surface area contributed by atoms with Crippen molar-refractivity contribution in [2.75, 3.05) is 26.3 Å². The van der Waals surface area contributed by atoms with E-state index in [-0.39, 0.29) is 31.1 Å². The number of amides is 2. The van der Waals surface area contributed by atoms with Crippen LogP contribution in [0.5, 0.6) is 0 Å². The Labute approximate surface area is 233 Å². The maximum Gasteiger partial charge on any atom is 0.312 e. The summed E-state index contributed by atoms with van der Waals surface area (Å²) in [6.45, 7) is 10.8. The molecule has 2 unspecified atom stereocenters. The number of nitrogens with zero attached hydrogens (tertiary/aromatic N) is 2. The monoisotopic (exact) mass is 544 g/mol. The first-order valence-corrected chi connectivity index (χ1v) is 15.1. The number of likely N-dealkylation sites (tertiary alicyclic amines) is 1. The number of fused-ring (bicyclic) bond motifs is 1. The van der Waals surface area contributed by atoms with Crippen molar-refractivity contribution in [3.8, 4) is 0 Å². The van der Waals surface area contributed by atoms with Crippen LogP contribution in [-0.2, 0) is 23.9 Å². The van der Waals surface area contributed by atoms with Crippen molar-refractivity contribution in [3.63, 3.8) is 0 Å². The van der Waals surface area contributed by atoms with Crippen LogP contribution in [0.25, 0.3) is 0 Å². The van der Waals surface area contributed by atoms with Gasteiger partial charge in [0.05, 0.1) is 18.1 Å². The molecule has 1 N–H and O–H groups in total. The number of ether oxygens (including phenoxy) is 2. The first-order chi connectivity index (χ1) is 18.8. The van der Waals surface area contributed by atoms with Gasteiger partial charge >= 0.3 is 5.97 Å². The Hall–Kier alpha value is -2.19. The average Bonchev–Trinajstić information content (AvgIpc) is 3.50. The molecule has 1 aliphatic carbocycles. The van der Waals surface area contributed by atoms with Crippen LogP contribution >= 0.6 is 0 Å². The Balaban J connectivity index is 1.64. The summed E-state index contributed by atoms with van der Waals surface area (Å²) in [5.41, 5.74) is -1.84. The third-order valence-corrected chi connectivity index (χ3v) is 9.49. The SMILES string of the molecule is C=CCCCOC(=O)[C@@H]1[C@H]2C(=O)N(CCCCCCO)C(C(=O)N(CC=C)C3CCCCC3)C23CC[C@@]1(C)O3.